The zero-order chi connectivity index (χ0) is 14.1. The van der Waals surface area contributed by atoms with Crippen LogP contribution >= 0.6 is 0 Å². The second-order valence-corrected chi connectivity index (χ2v) is 4.89. The fourth-order valence-electron chi connectivity index (χ4n) is 2.57. The molecule has 0 saturated heterocycles. The predicted octanol–water partition coefficient (Wildman–Crippen LogP) is 3.46. The molecule has 0 fully saturated rings. The summed E-state index contributed by atoms with van der Waals surface area (Å²) in [6.45, 7) is 4.15. The van der Waals surface area contributed by atoms with E-state index in [9.17, 15) is 4.79 Å². The Morgan fingerprint density at radius 3 is 2.70 bits per heavy atom. The van der Waals surface area contributed by atoms with Gasteiger partial charge in [-0.05, 0) is 36.6 Å². The average molecular weight is 264 g/mol. The molecule has 3 nitrogen and oxygen atoms in total. The number of aromatic nitrogens is 2. The highest BCUT2D eigenvalue weighted by Gasteiger charge is 2.11. The highest BCUT2D eigenvalue weighted by atomic mass is 16.1. The highest BCUT2D eigenvalue weighted by Crippen LogP contribution is 2.25. The van der Waals surface area contributed by atoms with E-state index in [-0.39, 0.29) is 5.56 Å². The highest BCUT2D eigenvalue weighted by molar-refractivity contribution is 5.80. The SMILES string of the molecule is CCc1cccc(C)c1-c1nc2ccccc2c(=O)[nH]1. The Balaban J connectivity index is 2.33. The largest absolute Gasteiger partial charge is 0.306 e. The van der Waals surface area contributed by atoms with Gasteiger partial charge in [-0.25, -0.2) is 4.98 Å². The quantitative estimate of drug-likeness (QED) is 0.770. The number of hydrogen-bond acceptors (Lipinski definition) is 2. The lowest BCUT2D eigenvalue weighted by atomic mass is 9.99. The molecule has 0 bridgehead atoms. The number of rotatable bonds is 2. The number of para-hydroxylation sites is 1. The third kappa shape index (κ3) is 2.01. The van der Waals surface area contributed by atoms with E-state index in [2.05, 4.69) is 23.0 Å². The number of nitrogens with one attached hydrogen (secondary N) is 1. The first-order chi connectivity index (χ1) is 9.70. The van der Waals surface area contributed by atoms with Crippen molar-refractivity contribution in [3.8, 4) is 11.4 Å². The van der Waals surface area contributed by atoms with Crippen LogP contribution in [0.2, 0.25) is 0 Å². The summed E-state index contributed by atoms with van der Waals surface area (Å²) >= 11 is 0. The van der Waals surface area contributed by atoms with Gasteiger partial charge in [0.2, 0.25) is 0 Å². The van der Waals surface area contributed by atoms with Gasteiger partial charge in [0.1, 0.15) is 5.82 Å². The van der Waals surface area contributed by atoms with Gasteiger partial charge in [0.25, 0.3) is 5.56 Å². The molecule has 0 aliphatic carbocycles. The van der Waals surface area contributed by atoms with Gasteiger partial charge >= 0.3 is 0 Å². The fraction of sp³-hybridized carbons (Fsp3) is 0.176. The van der Waals surface area contributed by atoms with Crippen LogP contribution in [0.3, 0.4) is 0 Å². The maximum absolute atomic E-state index is 12.2. The number of fused-ring (bicyclic) bond motifs is 1. The molecule has 2 aromatic carbocycles. The number of aryl methyl sites for hydroxylation is 2. The molecule has 0 atom stereocenters. The first-order valence-corrected chi connectivity index (χ1v) is 6.78. The Bertz CT molecular complexity index is 834. The average Bonchev–Trinajstić information content (AvgIpc) is 2.46. The summed E-state index contributed by atoms with van der Waals surface area (Å²) in [6.07, 6.45) is 0.910. The molecular weight excluding hydrogens is 248 g/mol. The standard InChI is InChI=1S/C17H16N2O/c1-3-12-8-6-7-11(2)15(12)16-18-14-10-5-4-9-13(14)17(20)19-16/h4-10H,3H2,1-2H3,(H,18,19,20). The molecule has 3 aromatic rings. The number of hydrogen-bond donors (Lipinski definition) is 1. The smallest absolute Gasteiger partial charge is 0.259 e. The number of nitrogens with zero attached hydrogens (tertiary/aromatic N) is 1. The van der Waals surface area contributed by atoms with E-state index in [4.69, 9.17) is 0 Å². The third-order valence-electron chi connectivity index (χ3n) is 3.59. The van der Waals surface area contributed by atoms with Gasteiger partial charge in [0.05, 0.1) is 10.9 Å². The normalized spacial score (nSPS) is 10.9. The lowest BCUT2D eigenvalue weighted by Gasteiger charge is -2.11. The molecule has 100 valence electrons. The van der Waals surface area contributed by atoms with Gasteiger partial charge in [-0.1, -0.05) is 37.3 Å². The van der Waals surface area contributed by atoms with Gasteiger partial charge in [-0.2, -0.15) is 0 Å². The minimum Gasteiger partial charge on any atom is -0.306 e. The zero-order valence-electron chi connectivity index (χ0n) is 11.6. The number of benzene rings is 2. The summed E-state index contributed by atoms with van der Waals surface area (Å²) in [4.78, 5) is 19.7. The van der Waals surface area contributed by atoms with E-state index >= 15 is 0 Å². The van der Waals surface area contributed by atoms with Crippen LogP contribution in [0.4, 0.5) is 0 Å². The lowest BCUT2D eigenvalue weighted by Crippen LogP contribution is -2.10. The predicted molar refractivity (Wildman–Crippen MR) is 81.9 cm³/mol. The van der Waals surface area contributed by atoms with E-state index < -0.39 is 0 Å². The summed E-state index contributed by atoms with van der Waals surface area (Å²) in [6, 6.07) is 13.6. The van der Waals surface area contributed by atoms with Gasteiger partial charge < -0.3 is 4.98 Å². The van der Waals surface area contributed by atoms with Crippen molar-refractivity contribution < 1.29 is 0 Å². The molecule has 3 rings (SSSR count). The van der Waals surface area contributed by atoms with Crippen LogP contribution in [0.1, 0.15) is 18.1 Å². The van der Waals surface area contributed by atoms with Gasteiger partial charge in [-0.15, -0.1) is 0 Å². The van der Waals surface area contributed by atoms with Crippen LogP contribution in [0.5, 0.6) is 0 Å². The molecule has 3 heteroatoms. The molecule has 0 saturated carbocycles. The number of aromatic amines is 1. The molecule has 1 N–H and O–H groups in total. The van der Waals surface area contributed by atoms with Crippen molar-refractivity contribution in [3.05, 3.63) is 63.9 Å². The Hall–Kier alpha value is -2.42. The van der Waals surface area contributed by atoms with Gasteiger partial charge in [-0.3, -0.25) is 4.79 Å². The minimum atomic E-state index is -0.0871. The molecule has 0 spiro atoms. The van der Waals surface area contributed by atoms with Gasteiger partial charge in [0.15, 0.2) is 0 Å². The van der Waals surface area contributed by atoms with Crippen LogP contribution in [-0.2, 0) is 6.42 Å². The first-order valence-electron chi connectivity index (χ1n) is 6.78. The Morgan fingerprint density at radius 2 is 1.90 bits per heavy atom. The van der Waals surface area contributed by atoms with Gasteiger partial charge in [0, 0.05) is 5.56 Å². The minimum absolute atomic E-state index is 0.0871. The molecule has 0 amide bonds. The Morgan fingerprint density at radius 1 is 1.10 bits per heavy atom. The van der Waals surface area contributed by atoms with Crippen molar-refractivity contribution in [3.63, 3.8) is 0 Å². The molecule has 20 heavy (non-hydrogen) atoms. The monoisotopic (exact) mass is 264 g/mol. The molecule has 1 heterocycles. The van der Waals surface area contributed by atoms with Crippen molar-refractivity contribution in [2.45, 2.75) is 20.3 Å². The van der Waals surface area contributed by atoms with Crippen LogP contribution in [-0.4, -0.2) is 9.97 Å². The summed E-state index contributed by atoms with van der Waals surface area (Å²) in [5, 5.41) is 0.628. The molecule has 0 aliphatic heterocycles. The second-order valence-electron chi connectivity index (χ2n) is 4.89. The second kappa shape index (κ2) is 4.93. The Labute approximate surface area is 117 Å². The molecular formula is C17H16N2O. The van der Waals surface area contributed by atoms with Crippen molar-refractivity contribution >= 4 is 10.9 Å². The summed E-state index contributed by atoms with van der Waals surface area (Å²) < 4.78 is 0. The van der Waals surface area contributed by atoms with Crippen LogP contribution in [0.25, 0.3) is 22.3 Å². The fourth-order valence-corrected chi connectivity index (χ4v) is 2.57. The maximum atomic E-state index is 12.2. The molecule has 1 aromatic heterocycles. The Kier molecular flexibility index (Phi) is 3.11. The lowest BCUT2D eigenvalue weighted by molar-refractivity contribution is 1.10. The van der Waals surface area contributed by atoms with Crippen molar-refractivity contribution in [1.29, 1.82) is 0 Å². The first kappa shape index (κ1) is 12.6. The van der Waals surface area contributed by atoms with Crippen LogP contribution in [0, 0.1) is 6.92 Å². The van der Waals surface area contributed by atoms with E-state index in [0.717, 1.165) is 23.1 Å². The maximum Gasteiger partial charge on any atom is 0.259 e. The zero-order valence-corrected chi connectivity index (χ0v) is 11.6. The van der Waals surface area contributed by atoms with E-state index in [1.54, 1.807) is 6.07 Å². The van der Waals surface area contributed by atoms with Crippen LogP contribution < -0.4 is 5.56 Å². The summed E-state index contributed by atoms with van der Waals surface area (Å²) in [5.74, 6) is 0.656. The summed E-state index contributed by atoms with van der Waals surface area (Å²) in [5.41, 5.74) is 4.01. The van der Waals surface area contributed by atoms with Crippen molar-refractivity contribution in [1.82, 2.24) is 9.97 Å². The van der Waals surface area contributed by atoms with Crippen LogP contribution in [0.15, 0.2) is 47.3 Å². The van der Waals surface area contributed by atoms with E-state index in [1.807, 2.05) is 37.3 Å². The van der Waals surface area contributed by atoms with E-state index in [0.29, 0.717) is 11.2 Å². The van der Waals surface area contributed by atoms with E-state index in [1.165, 1.54) is 5.56 Å². The summed E-state index contributed by atoms with van der Waals surface area (Å²) in [7, 11) is 0. The molecule has 0 radical (unpaired) electrons. The molecule has 0 unspecified atom stereocenters. The number of H-pyrrole nitrogens is 1. The third-order valence-corrected chi connectivity index (χ3v) is 3.59. The molecule has 0 aliphatic rings. The van der Waals surface area contributed by atoms with Crippen molar-refractivity contribution in [2.75, 3.05) is 0 Å². The topological polar surface area (TPSA) is 45.8 Å². The van der Waals surface area contributed by atoms with Crippen molar-refractivity contribution in [2.24, 2.45) is 0 Å².